The Bertz CT molecular complexity index is 412. The zero-order valence-corrected chi connectivity index (χ0v) is 15.0. The van der Waals surface area contributed by atoms with Crippen LogP contribution in [0.1, 0.15) is 27.8 Å². The monoisotopic (exact) mass is 295 g/mol. The first-order valence-corrected chi connectivity index (χ1v) is 13.6. The molecule has 0 aromatic heterocycles. The van der Waals surface area contributed by atoms with Crippen molar-refractivity contribution in [2.45, 2.75) is 51.9 Å². The van der Waals surface area contributed by atoms with Crippen LogP contribution in [0.15, 0.2) is 0 Å². The quantitative estimate of drug-likeness (QED) is 0.726. The molecule has 2 heteroatoms. The number of hydrogen-bond acceptors (Lipinski definition) is 1. The third-order valence-corrected chi connectivity index (χ3v) is 8.99. The fourth-order valence-corrected chi connectivity index (χ4v) is 4.43. The van der Waals surface area contributed by atoms with Crippen molar-refractivity contribution in [2.24, 2.45) is 0 Å². The van der Waals surface area contributed by atoms with E-state index in [4.69, 9.17) is 0 Å². The van der Waals surface area contributed by atoms with Gasteiger partial charge in [0, 0.05) is 0 Å². The Morgan fingerprint density at radius 1 is 0.647 bits per heavy atom. The fourth-order valence-electron chi connectivity index (χ4n) is 2.32. The van der Waals surface area contributed by atoms with Gasteiger partial charge in [0.1, 0.15) is 0 Å². The van der Waals surface area contributed by atoms with Crippen LogP contribution in [0.2, 0.25) is 17.3 Å². The van der Waals surface area contributed by atoms with Crippen molar-refractivity contribution in [1.29, 1.82) is 0 Å². The van der Waals surface area contributed by atoms with Gasteiger partial charge in [-0.3, -0.25) is 0 Å². The predicted molar refractivity (Wildman–Crippen MR) is 81.9 cm³/mol. The normalized spacial score (nSPS) is 11.8. The average Bonchev–Trinajstić information content (AvgIpc) is 2.22. The molecule has 0 N–H and O–H groups in total. The minimum atomic E-state index is -1.80. The Labute approximate surface area is 110 Å². The summed E-state index contributed by atoms with van der Waals surface area (Å²) in [5.74, 6) is 7.34. The third kappa shape index (κ3) is 2.54. The summed E-state index contributed by atoms with van der Waals surface area (Å²) >= 11 is -1.80. The predicted octanol–water partition coefficient (Wildman–Crippen LogP) is 4.50. The molecule has 96 valence electrons. The molecule has 0 aliphatic carbocycles. The molecule has 0 bridgehead atoms. The Kier molecular flexibility index (Phi) is 4.02. The number of nitrogens with zero attached hydrogens (tertiary/aromatic N) is 1. The first-order chi connectivity index (χ1) is 7.59. The Balaban J connectivity index is 3.55. The van der Waals surface area contributed by atoms with Gasteiger partial charge in [0.05, 0.1) is 0 Å². The van der Waals surface area contributed by atoms with Gasteiger partial charge < -0.3 is 0 Å². The second-order valence-electron chi connectivity index (χ2n) is 6.20. The van der Waals surface area contributed by atoms with Gasteiger partial charge in [-0.1, -0.05) is 0 Å². The topological polar surface area (TPSA) is 3.24 Å². The van der Waals surface area contributed by atoms with Crippen LogP contribution >= 0.6 is 0 Å². The minimum absolute atomic E-state index is 1.46. The molecule has 0 fully saturated rings. The molecule has 1 nitrogen and oxygen atoms in total. The van der Waals surface area contributed by atoms with Gasteiger partial charge in [-0.05, 0) is 0 Å². The number of benzene rings is 1. The van der Waals surface area contributed by atoms with E-state index in [1.165, 1.54) is 33.5 Å². The zero-order valence-electron chi connectivity index (χ0n) is 12.9. The molecule has 0 radical (unpaired) electrons. The zero-order chi connectivity index (χ0) is 13.5. The van der Waals surface area contributed by atoms with E-state index in [-0.39, 0.29) is 0 Å². The second-order valence-corrected chi connectivity index (χ2v) is 16.7. The van der Waals surface area contributed by atoms with Crippen molar-refractivity contribution in [1.82, 2.24) is 0 Å². The molecule has 0 unspecified atom stereocenters. The van der Waals surface area contributed by atoms with Crippen LogP contribution < -0.4 is 3.86 Å². The van der Waals surface area contributed by atoms with Gasteiger partial charge in [0.25, 0.3) is 0 Å². The molecule has 0 spiro atoms. The molecule has 0 saturated heterocycles. The van der Waals surface area contributed by atoms with Crippen LogP contribution in [-0.2, 0) is 0 Å². The van der Waals surface area contributed by atoms with Gasteiger partial charge in [-0.15, -0.1) is 0 Å². The van der Waals surface area contributed by atoms with E-state index in [0.717, 1.165) is 0 Å². The average molecular weight is 294 g/mol. The van der Waals surface area contributed by atoms with Crippen molar-refractivity contribution in [3.8, 4) is 0 Å². The molecule has 1 rings (SSSR count). The van der Waals surface area contributed by atoms with Gasteiger partial charge in [0.15, 0.2) is 0 Å². The molecular weight excluding hydrogens is 267 g/mol. The summed E-state index contributed by atoms with van der Waals surface area (Å²) in [5.41, 5.74) is 8.79. The summed E-state index contributed by atoms with van der Waals surface area (Å²) in [6.45, 7) is 11.3. The van der Waals surface area contributed by atoms with Crippen LogP contribution in [0.5, 0.6) is 0 Å². The standard InChI is InChI=1S/C15H27GeN/c1-10-11(2)13(4)15(14(5)12(10)3)17(9)16(6,7)8/h1-9H3. The maximum atomic E-state index is 2.59. The molecule has 1 aromatic carbocycles. The first kappa shape index (κ1) is 14.6. The summed E-state index contributed by atoms with van der Waals surface area (Å²) in [6, 6.07) is 0. The van der Waals surface area contributed by atoms with Crippen molar-refractivity contribution in [3.05, 3.63) is 27.8 Å². The van der Waals surface area contributed by atoms with E-state index in [0.29, 0.717) is 0 Å². The van der Waals surface area contributed by atoms with E-state index in [9.17, 15) is 0 Å². The maximum absolute atomic E-state index is 2.59. The van der Waals surface area contributed by atoms with Crippen molar-refractivity contribution < 1.29 is 0 Å². The molecule has 0 amide bonds. The summed E-state index contributed by atoms with van der Waals surface area (Å²) in [6.07, 6.45) is 0. The second kappa shape index (κ2) is 4.68. The molecule has 0 saturated carbocycles. The Morgan fingerprint density at radius 3 is 1.24 bits per heavy atom. The molecule has 17 heavy (non-hydrogen) atoms. The fraction of sp³-hybridized carbons (Fsp3) is 0.600. The van der Waals surface area contributed by atoms with Crippen molar-refractivity contribution >= 4 is 19.2 Å². The van der Waals surface area contributed by atoms with E-state index < -0.39 is 13.5 Å². The number of hydrogen-bond donors (Lipinski definition) is 0. The summed E-state index contributed by atoms with van der Waals surface area (Å²) < 4.78 is 2.59. The summed E-state index contributed by atoms with van der Waals surface area (Å²) in [4.78, 5) is 0. The van der Waals surface area contributed by atoms with Gasteiger partial charge in [0.2, 0.25) is 0 Å². The summed E-state index contributed by atoms with van der Waals surface area (Å²) in [7, 11) is 2.28. The molecule has 1 aromatic rings. The van der Waals surface area contributed by atoms with Crippen molar-refractivity contribution in [3.63, 3.8) is 0 Å². The Morgan fingerprint density at radius 2 is 0.941 bits per heavy atom. The van der Waals surface area contributed by atoms with Crippen LogP contribution in [0.4, 0.5) is 5.69 Å². The molecule has 0 aliphatic heterocycles. The van der Waals surface area contributed by atoms with Crippen molar-refractivity contribution in [2.75, 3.05) is 10.9 Å². The third-order valence-electron chi connectivity index (χ3n) is 4.30. The van der Waals surface area contributed by atoms with Crippen LogP contribution in [0, 0.1) is 34.6 Å². The number of anilines is 1. The van der Waals surface area contributed by atoms with Crippen LogP contribution in [0.25, 0.3) is 0 Å². The van der Waals surface area contributed by atoms with E-state index >= 15 is 0 Å². The van der Waals surface area contributed by atoms with Gasteiger partial charge >= 0.3 is 110 Å². The van der Waals surface area contributed by atoms with Gasteiger partial charge in [-0.2, -0.15) is 0 Å². The molecule has 0 atom stereocenters. The molecule has 0 heterocycles. The number of rotatable bonds is 2. The SMILES string of the molecule is Cc1c(C)c(C)c([N](C)[Ge]([CH3])([CH3])[CH3])c(C)c1C. The van der Waals surface area contributed by atoms with Gasteiger partial charge in [-0.25, -0.2) is 0 Å². The first-order valence-electron chi connectivity index (χ1n) is 6.39. The van der Waals surface area contributed by atoms with Crippen LogP contribution in [0.3, 0.4) is 0 Å². The van der Waals surface area contributed by atoms with Crippen LogP contribution in [-0.4, -0.2) is 20.5 Å². The molecular formula is C15H27GeN. The van der Waals surface area contributed by atoms with E-state index in [1.807, 2.05) is 0 Å². The molecule has 0 aliphatic rings. The van der Waals surface area contributed by atoms with E-state index in [2.05, 4.69) is 62.8 Å². The van der Waals surface area contributed by atoms with E-state index in [1.54, 1.807) is 0 Å². The summed E-state index contributed by atoms with van der Waals surface area (Å²) in [5, 5.41) is 0. The Hall–Kier alpha value is -0.437.